The third-order valence-corrected chi connectivity index (χ3v) is 7.33. The van der Waals surface area contributed by atoms with Gasteiger partial charge in [-0.1, -0.05) is 72.8 Å². The molecule has 0 fully saturated rings. The van der Waals surface area contributed by atoms with Gasteiger partial charge in [-0.25, -0.2) is 23.9 Å². The van der Waals surface area contributed by atoms with Gasteiger partial charge in [-0.2, -0.15) is 4.28 Å². The van der Waals surface area contributed by atoms with E-state index in [9.17, 15) is 8.42 Å². The molecule has 0 aliphatic rings. The summed E-state index contributed by atoms with van der Waals surface area (Å²) in [4.78, 5) is 9.74. The summed E-state index contributed by atoms with van der Waals surface area (Å²) in [5, 5.41) is 9.50. The molecule has 10 heteroatoms. The average molecular weight is 535 g/mol. The Labute approximate surface area is 218 Å². The second-order valence-corrected chi connectivity index (χ2v) is 10.2. The zero-order valence-electron chi connectivity index (χ0n) is 18.9. The second-order valence-electron chi connectivity index (χ2n) is 7.86. The molecule has 2 heterocycles. The molecule has 0 aliphatic heterocycles. The van der Waals surface area contributed by atoms with Crippen molar-refractivity contribution in [3.8, 4) is 21.8 Å². The molecule has 0 bridgehead atoms. The van der Waals surface area contributed by atoms with Crippen LogP contribution in [0, 0.1) is 0 Å². The number of hydrogen-bond donors (Lipinski definition) is 3. The molecule has 182 valence electrons. The van der Waals surface area contributed by atoms with Crippen LogP contribution < -0.4 is 10.8 Å². The highest BCUT2D eigenvalue weighted by molar-refractivity contribution is 7.67. The Hall–Kier alpha value is -3.57. The highest BCUT2D eigenvalue weighted by atomic mass is 32.2. The Balaban J connectivity index is 1.39. The molecule has 1 atom stereocenters. The van der Waals surface area contributed by atoms with Crippen LogP contribution in [-0.2, 0) is 21.7 Å². The Bertz CT molecular complexity index is 1480. The predicted octanol–water partition coefficient (Wildman–Crippen LogP) is 6.20. The molecule has 7 nitrogen and oxygen atoms in total. The van der Waals surface area contributed by atoms with E-state index < -0.39 is 11.0 Å². The van der Waals surface area contributed by atoms with Crippen molar-refractivity contribution in [3.05, 3.63) is 107 Å². The van der Waals surface area contributed by atoms with Crippen molar-refractivity contribution in [2.24, 2.45) is 0 Å². The molecule has 0 radical (unpaired) electrons. The lowest BCUT2D eigenvalue weighted by Crippen LogP contribution is -2.14. The lowest BCUT2D eigenvalue weighted by molar-refractivity contribution is 0.410. The van der Waals surface area contributed by atoms with E-state index >= 15 is 0 Å². The second kappa shape index (κ2) is 11.4. The number of nitrogens with one attached hydrogen (secondary N) is 2. The molecular weight excluding hydrogens is 513 g/mol. The highest BCUT2D eigenvalue weighted by Crippen LogP contribution is 2.32. The van der Waals surface area contributed by atoms with Crippen LogP contribution in [0.15, 0.2) is 95.7 Å². The fraction of sp³-hybridized carbons (Fsp3) is 0.0769. The summed E-state index contributed by atoms with van der Waals surface area (Å²) in [6.45, 7) is 0. The minimum Gasteiger partial charge on any atom is -0.353 e. The van der Waals surface area contributed by atoms with E-state index in [1.807, 2.05) is 66.0 Å². The number of benzene rings is 3. The first-order valence-electron chi connectivity index (χ1n) is 11.1. The van der Waals surface area contributed by atoms with Crippen LogP contribution in [0.4, 0.5) is 10.8 Å². The Kier molecular flexibility index (Phi) is 7.67. The van der Waals surface area contributed by atoms with Crippen LogP contribution in [0.25, 0.3) is 21.8 Å². The molecule has 3 aromatic carbocycles. The Morgan fingerprint density at radius 3 is 2.19 bits per heavy atom. The number of nitrogens with zero attached hydrogens (tertiary/aromatic N) is 2. The molecule has 2 aromatic heterocycles. The smallest absolute Gasteiger partial charge is 0.277 e. The Morgan fingerprint density at radius 2 is 1.50 bits per heavy atom. The summed E-state index contributed by atoms with van der Waals surface area (Å²) in [5.41, 5.74) is 8.03. The maximum absolute atomic E-state index is 10.6. The van der Waals surface area contributed by atoms with E-state index in [1.165, 1.54) is 0 Å². The number of rotatable bonds is 10. The van der Waals surface area contributed by atoms with Gasteiger partial charge < -0.3 is 5.32 Å². The minimum atomic E-state index is -2.97. The van der Waals surface area contributed by atoms with Crippen LogP contribution in [0.5, 0.6) is 0 Å². The van der Waals surface area contributed by atoms with Crippen molar-refractivity contribution in [3.63, 3.8) is 0 Å². The first-order chi connectivity index (χ1) is 17.6. The summed E-state index contributed by atoms with van der Waals surface area (Å²) >= 11 is 3.18. The lowest BCUT2D eigenvalue weighted by Gasteiger charge is -2.17. The van der Waals surface area contributed by atoms with Gasteiger partial charge in [0.05, 0.1) is 23.1 Å². The van der Waals surface area contributed by atoms with Crippen LogP contribution in [-0.4, -0.2) is 18.4 Å². The zero-order chi connectivity index (χ0) is 24.7. The summed E-state index contributed by atoms with van der Waals surface area (Å²) in [6.07, 6.45) is 0.662. The zero-order valence-corrected chi connectivity index (χ0v) is 21.4. The molecule has 2 N–H and O–H groups in total. The predicted molar refractivity (Wildman–Crippen MR) is 147 cm³/mol. The first kappa shape index (κ1) is 24.1. The monoisotopic (exact) mass is 534 g/mol. The molecule has 36 heavy (non-hydrogen) atoms. The van der Waals surface area contributed by atoms with Crippen LogP contribution in [0.1, 0.15) is 17.3 Å². The van der Waals surface area contributed by atoms with Gasteiger partial charge >= 0.3 is 0 Å². The standard InChI is InChI=1S/C26H22N4O3S3/c31-36(32)33-30-21-13-11-18(12-14-21)15-22(24-17-34-25(27-24)20-9-5-2-6-10-20)28-26-29-23(16-35-26)19-7-3-1-4-8-19/h1-14,16-17,22,30,36H,15H2,(H,28,29)/t22-/m0/s1. The third-order valence-electron chi connectivity index (χ3n) is 5.40. The molecule has 5 aromatic rings. The van der Waals surface area contributed by atoms with Gasteiger partial charge in [0.2, 0.25) is 0 Å². The largest absolute Gasteiger partial charge is 0.353 e. The maximum Gasteiger partial charge on any atom is 0.277 e. The van der Waals surface area contributed by atoms with Crippen LogP contribution in [0.3, 0.4) is 0 Å². The van der Waals surface area contributed by atoms with Crippen molar-refractivity contribution in [2.45, 2.75) is 12.5 Å². The van der Waals surface area contributed by atoms with Crippen molar-refractivity contribution in [2.75, 3.05) is 10.8 Å². The van der Waals surface area contributed by atoms with Gasteiger partial charge in [-0.15, -0.1) is 22.7 Å². The first-order valence-corrected chi connectivity index (χ1v) is 13.9. The van der Waals surface area contributed by atoms with E-state index in [0.29, 0.717) is 12.1 Å². The number of aromatic nitrogens is 2. The van der Waals surface area contributed by atoms with Crippen molar-refractivity contribution in [1.82, 2.24) is 9.97 Å². The molecule has 0 saturated carbocycles. The molecular formula is C26H22N4O3S3. The summed E-state index contributed by atoms with van der Waals surface area (Å²) in [7, 11) is -2.97. The molecule has 0 spiro atoms. The fourth-order valence-corrected chi connectivity index (χ4v) is 5.49. The van der Waals surface area contributed by atoms with Gasteiger partial charge in [0, 0.05) is 21.9 Å². The molecule has 0 unspecified atom stereocenters. The quantitative estimate of drug-likeness (QED) is 0.145. The van der Waals surface area contributed by atoms with E-state index in [-0.39, 0.29) is 6.04 Å². The number of hydrogen-bond acceptors (Lipinski definition) is 9. The number of thiazole rings is 2. The molecule has 0 amide bonds. The van der Waals surface area contributed by atoms with Crippen LogP contribution >= 0.6 is 22.7 Å². The van der Waals surface area contributed by atoms with Gasteiger partial charge in [0.1, 0.15) is 5.01 Å². The molecule has 0 aliphatic carbocycles. The summed E-state index contributed by atoms with van der Waals surface area (Å²) in [6, 6.07) is 27.5. The normalized spacial score (nSPS) is 11.9. The van der Waals surface area contributed by atoms with Gasteiger partial charge in [0.15, 0.2) is 5.13 Å². The van der Waals surface area contributed by atoms with Crippen LogP contribution in [0.2, 0.25) is 0 Å². The fourth-order valence-electron chi connectivity index (χ4n) is 3.65. The summed E-state index contributed by atoms with van der Waals surface area (Å²) < 4.78 is 25.7. The number of anilines is 2. The topological polar surface area (TPSA) is 93.2 Å². The molecule has 0 saturated heterocycles. The van der Waals surface area contributed by atoms with E-state index in [1.54, 1.807) is 34.8 Å². The molecule has 5 rings (SSSR count). The van der Waals surface area contributed by atoms with Crippen molar-refractivity contribution in [1.29, 1.82) is 0 Å². The van der Waals surface area contributed by atoms with Gasteiger partial charge in [-0.05, 0) is 24.1 Å². The third kappa shape index (κ3) is 6.16. The highest BCUT2D eigenvalue weighted by Gasteiger charge is 2.19. The SMILES string of the molecule is O=[SH](=O)ONc1ccc(C[C@H](Nc2nc(-c3ccccc3)cs2)c2csc(-c3ccccc3)n2)cc1. The maximum atomic E-state index is 10.6. The lowest BCUT2D eigenvalue weighted by atomic mass is 10.0. The minimum absolute atomic E-state index is 0.111. The van der Waals surface area contributed by atoms with E-state index in [2.05, 4.69) is 32.6 Å². The Morgan fingerprint density at radius 1 is 0.806 bits per heavy atom. The van der Waals surface area contributed by atoms with Crippen molar-refractivity contribution < 1.29 is 12.7 Å². The average Bonchev–Trinajstić information content (AvgIpc) is 3.59. The number of thiol groups is 1. The summed E-state index contributed by atoms with van der Waals surface area (Å²) in [5.74, 6) is 0. The van der Waals surface area contributed by atoms with Gasteiger partial charge in [-0.3, -0.25) is 0 Å². The van der Waals surface area contributed by atoms with E-state index in [0.717, 1.165) is 38.2 Å². The van der Waals surface area contributed by atoms with Gasteiger partial charge in [0.25, 0.3) is 11.0 Å². The van der Waals surface area contributed by atoms with E-state index in [4.69, 9.17) is 9.97 Å². The van der Waals surface area contributed by atoms with Crippen molar-refractivity contribution >= 4 is 44.5 Å².